The van der Waals surface area contributed by atoms with Gasteiger partial charge < -0.3 is 4.90 Å². The smallest absolute Gasteiger partial charge is 0.166 e. The average Bonchev–Trinajstić information content (AvgIpc) is 3.10. The second-order valence-electron chi connectivity index (χ2n) is 10.1. The lowest BCUT2D eigenvalue weighted by molar-refractivity contribution is 1.07. The lowest BCUT2D eigenvalue weighted by Gasteiger charge is -2.29. The molecule has 7 rings (SSSR count). The normalized spacial score (nSPS) is 10.8. The molecule has 1 aromatic heterocycles. The van der Waals surface area contributed by atoms with Crippen LogP contribution >= 0.6 is 0 Å². The molecule has 0 atom stereocenters. The molecule has 0 aliphatic carbocycles. The van der Waals surface area contributed by atoms with Gasteiger partial charge in [0.1, 0.15) is 0 Å². The van der Waals surface area contributed by atoms with E-state index in [9.17, 15) is 0 Å². The van der Waals surface area contributed by atoms with E-state index < -0.39 is 0 Å². The summed E-state index contributed by atoms with van der Waals surface area (Å²) in [7, 11) is 0. The molecule has 7 aromatic rings. The highest BCUT2D eigenvalue weighted by Crippen LogP contribution is 2.44. The van der Waals surface area contributed by atoms with E-state index in [1.807, 2.05) is 78.9 Å². The first-order valence-corrected chi connectivity index (χ1v) is 14.3. The van der Waals surface area contributed by atoms with Gasteiger partial charge in [0.05, 0.1) is 11.4 Å². The van der Waals surface area contributed by atoms with Crippen molar-refractivity contribution in [2.75, 3.05) is 4.90 Å². The Morgan fingerprint density at radius 1 is 0.302 bits per heavy atom. The Balaban J connectivity index is 1.47. The van der Waals surface area contributed by atoms with Crippen molar-refractivity contribution in [1.29, 1.82) is 0 Å². The van der Waals surface area contributed by atoms with Crippen molar-refractivity contribution in [3.05, 3.63) is 170 Å². The van der Waals surface area contributed by atoms with Crippen LogP contribution in [0.2, 0.25) is 0 Å². The molecule has 0 saturated carbocycles. The predicted octanol–water partition coefficient (Wildman–Crippen LogP) is 10.0. The highest BCUT2D eigenvalue weighted by atomic mass is 15.2. The summed E-state index contributed by atoms with van der Waals surface area (Å²) in [5.74, 6) is 1.88. The molecule has 204 valence electrons. The lowest BCUT2D eigenvalue weighted by Crippen LogP contribution is -2.13. The number of aromatic nitrogens is 3. The van der Waals surface area contributed by atoms with Crippen molar-refractivity contribution in [2.45, 2.75) is 0 Å². The lowest BCUT2D eigenvalue weighted by atomic mass is 10.0. The number of hydrogen-bond donors (Lipinski definition) is 0. The number of benzene rings is 6. The number of nitrogens with zero attached hydrogens (tertiary/aromatic N) is 4. The SMILES string of the molecule is c1ccc(-c2nc(-c3ccccc3)nc(-c3ccccc3N(c3ccccc3)c3ccccc3-c3ccccc3)n2)cc1. The number of anilines is 3. The van der Waals surface area contributed by atoms with Gasteiger partial charge in [-0.05, 0) is 35.9 Å². The Bertz CT molecular complexity index is 1900. The average molecular weight is 553 g/mol. The molecule has 4 nitrogen and oxygen atoms in total. The van der Waals surface area contributed by atoms with Crippen molar-refractivity contribution in [2.24, 2.45) is 0 Å². The fourth-order valence-corrected chi connectivity index (χ4v) is 5.30. The number of rotatable bonds is 7. The fraction of sp³-hybridized carbons (Fsp3) is 0. The van der Waals surface area contributed by atoms with E-state index in [4.69, 9.17) is 15.0 Å². The third-order valence-electron chi connectivity index (χ3n) is 7.33. The zero-order valence-electron chi connectivity index (χ0n) is 23.5. The summed E-state index contributed by atoms with van der Waals surface area (Å²) < 4.78 is 0. The standard InChI is InChI=1S/C39H28N4/c1-5-17-29(18-6-1)33-25-13-15-27-35(33)43(32-23-11-4-12-24-32)36-28-16-14-26-34(36)39-41-37(30-19-7-2-8-20-30)40-38(42-39)31-21-9-3-10-22-31/h1-28H. The third kappa shape index (κ3) is 5.42. The van der Waals surface area contributed by atoms with Gasteiger partial charge in [0, 0.05) is 27.9 Å². The topological polar surface area (TPSA) is 41.9 Å². The van der Waals surface area contributed by atoms with E-state index in [-0.39, 0.29) is 0 Å². The first kappa shape index (κ1) is 26.1. The van der Waals surface area contributed by atoms with Gasteiger partial charge in [0.25, 0.3) is 0 Å². The third-order valence-corrected chi connectivity index (χ3v) is 7.33. The molecule has 0 fully saturated rings. The van der Waals surface area contributed by atoms with Gasteiger partial charge in [-0.25, -0.2) is 15.0 Å². The second kappa shape index (κ2) is 11.9. The Morgan fingerprint density at radius 2 is 0.674 bits per heavy atom. The van der Waals surface area contributed by atoms with Gasteiger partial charge in [0.2, 0.25) is 0 Å². The van der Waals surface area contributed by atoms with Crippen molar-refractivity contribution < 1.29 is 0 Å². The largest absolute Gasteiger partial charge is 0.309 e. The summed E-state index contributed by atoms with van der Waals surface area (Å²) in [4.78, 5) is 17.3. The van der Waals surface area contributed by atoms with Crippen LogP contribution in [0.15, 0.2) is 170 Å². The van der Waals surface area contributed by atoms with Crippen molar-refractivity contribution in [3.63, 3.8) is 0 Å². The van der Waals surface area contributed by atoms with Gasteiger partial charge in [-0.1, -0.05) is 140 Å². The fourth-order valence-electron chi connectivity index (χ4n) is 5.30. The zero-order chi connectivity index (χ0) is 28.8. The van der Waals surface area contributed by atoms with Gasteiger partial charge in [0.15, 0.2) is 17.5 Å². The van der Waals surface area contributed by atoms with Crippen LogP contribution in [-0.4, -0.2) is 15.0 Å². The number of para-hydroxylation sites is 3. The molecule has 43 heavy (non-hydrogen) atoms. The van der Waals surface area contributed by atoms with Gasteiger partial charge in [-0.3, -0.25) is 0 Å². The molecule has 0 spiro atoms. The van der Waals surface area contributed by atoms with Crippen molar-refractivity contribution >= 4 is 17.1 Å². The molecule has 0 aliphatic heterocycles. The Hall–Kier alpha value is -5.87. The van der Waals surface area contributed by atoms with Crippen LogP contribution in [0.5, 0.6) is 0 Å². The minimum Gasteiger partial charge on any atom is -0.309 e. The van der Waals surface area contributed by atoms with Crippen molar-refractivity contribution in [3.8, 4) is 45.3 Å². The molecule has 0 unspecified atom stereocenters. The first-order valence-electron chi connectivity index (χ1n) is 14.3. The molecule has 6 aromatic carbocycles. The molecule has 0 radical (unpaired) electrons. The maximum Gasteiger partial charge on any atom is 0.166 e. The first-order chi connectivity index (χ1) is 21.3. The minimum absolute atomic E-state index is 0.612. The van der Waals surface area contributed by atoms with Crippen LogP contribution in [-0.2, 0) is 0 Å². The van der Waals surface area contributed by atoms with Gasteiger partial charge in [-0.15, -0.1) is 0 Å². The molecule has 0 N–H and O–H groups in total. The molecule has 0 saturated heterocycles. The summed E-state index contributed by atoms with van der Waals surface area (Å²) >= 11 is 0. The zero-order valence-corrected chi connectivity index (χ0v) is 23.5. The molecule has 0 amide bonds. The Labute approximate surface area is 251 Å². The van der Waals surface area contributed by atoms with Gasteiger partial charge in [-0.2, -0.15) is 0 Å². The molecular formula is C39H28N4. The summed E-state index contributed by atoms with van der Waals surface area (Å²) in [6, 6.07) is 58.0. The molecule has 1 heterocycles. The van der Waals surface area contributed by atoms with E-state index in [0.717, 1.165) is 44.9 Å². The summed E-state index contributed by atoms with van der Waals surface area (Å²) in [6.45, 7) is 0. The van der Waals surface area contributed by atoms with Crippen LogP contribution in [0.3, 0.4) is 0 Å². The van der Waals surface area contributed by atoms with Crippen LogP contribution in [0.1, 0.15) is 0 Å². The summed E-state index contributed by atoms with van der Waals surface area (Å²) in [5.41, 5.74) is 8.14. The molecule has 4 heteroatoms. The van der Waals surface area contributed by atoms with Crippen LogP contribution in [0.25, 0.3) is 45.3 Å². The maximum atomic E-state index is 5.06. The molecule has 0 bridgehead atoms. The highest BCUT2D eigenvalue weighted by molar-refractivity contribution is 5.92. The summed E-state index contributed by atoms with van der Waals surface area (Å²) in [6.07, 6.45) is 0. The van der Waals surface area contributed by atoms with E-state index in [2.05, 4.69) is 95.9 Å². The Kier molecular flexibility index (Phi) is 7.23. The van der Waals surface area contributed by atoms with E-state index in [1.54, 1.807) is 0 Å². The van der Waals surface area contributed by atoms with Crippen molar-refractivity contribution in [1.82, 2.24) is 15.0 Å². The highest BCUT2D eigenvalue weighted by Gasteiger charge is 2.22. The van der Waals surface area contributed by atoms with E-state index in [1.165, 1.54) is 0 Å². The predicted molar refractivity (Wildman–Crippen MR) is 176 cm³/mol. The van der Waals surface area contributed by atoms with Crippen LogP contribution in [0, 0.1) is 0 Å². The Morgan fingerprint density at radius 3 is 1.21 bits per heavy atom. The molecule has 0 aliphatic rings. The number of hydrogen-bond acceptors (Lipinski definition) is 4. The van der Waals surface area contributed by atoms with E-state index >= 15 is 0 Å². The quantitative estimate of drug-likeness (QED) is 0.197. The van der Waals surface area contributed by atoms with E-state index in [0.29, 0.717) is 17.5 Å². The second-order valence-corrected chi connectivity index (χ2v) is 10.1. The van der Waals surface area contributed by atoms with Crippen LogP contribution in [0.4, 0.5) is 17.1 Å². The van der Waals surface area contributed by atoms with Gasteiger partial charge >= 0.3 is 0 Å². The molecular weight excluding hydrogens is 524 g/mol. The monoisotopic (exact) mass is 552 g/mol. The van der Waals surface area contributed by atoms with Crippen LogP contribution < -0.4 is 4.90 Å². The maximum absolute atomic E-state index is 5.06. The minimum atomic E-state index is 0.612. The summed E-state index contributed by atoms with van der Waals surface area (Å²) in [5, 5.41) is 0.